The number of aromatic amines is 1. The maximum absolute atomic E-state index is 14.0. The topological polar surface area (TPSA) is 82.6 Å². The van der Waals surface area contributed by atoms with Gasteiger partial charge in [0.15, 0.2) is 0 Å². The van der Waals surface area contributed by atoms with Crippen molar-refractivity contribution < 1.29 is 23.7 Å². The minimum Gasteiger partial charge on any atom is -0.506 e. The van der Waals surface area contributed by atoms with E-state index in [2.05, 4.69) is 4.98 Å². The lowest BCUT2D eigenvalue weighted by atomic mass is 9.98. The number of ether oxygens (including phenoxy) is 1. The van der Waals surface area contributed by atoms with Crippen LogP contribution in [0.15, 0.2) is 59.4 Å². The number of hydrogen-bond acceptors (Lipinski definition) is 4. The number of unbranched alkanes of at least 4 members (excludes halogenated alkanes) is 5. The zero-order valence-corrected chi connectivity index (χ0v) is 18.6. The van der Waals surface area contributed by atoms with Crippen molar-refractivity contribution in [3.8, 4) is 5.75 Å². The van der Waals surface area contributed by atoms with Crippen LogP contribution in [0.2, 0.25) is 0 Å². The minimum absolute atomic E-state index is 0.0218. The van der Waals surface area contributed by atoms with Crippen molar-refractivity contribution in [1.29, 1.82) is 0 Å². The Morgan fingerprint density at radius 2 is 1.61 bits per heavy atom. The summed E-state index contributed by atoms with van der Waals surface area (Å²) in [4.78, 5) is 14.1. The number of pyridine rings is 1. The van der Waals surface area contributed by atoms with Crippen LogP contribution in [0.5, 0.6) is 5.75 Å². The number of aliphatic hydroxyl groups excluding tert-OH is 1. The zero-order chi connectivity index (χ0) is 23.7. The van der Waals surface area contributed by atoms with E-state index in [-0.39, 0.29) is 16.9 Å². The summed E-state index contributed by atoms with van der Waals surface area (Å²) in [5.74, 6) is -2.99. The molecule has 0 amide bonds. The third kappa shape index (κ3) is 7.11. The highest BCUT2D eigenvalue weighted by atomic mass is 19.3. The Morgan fingerprint density at radius 1 is 0.909 bits per heavy atom. The number of aromatic hydroxyl groups is 1. The van der Waals surface area contributed by atoms with Crippen LogP contribution >= 0.6 is 0 Å². The Balaban J connectivity index is 1.29. The molecule has 33 heavy (non-hydrogen) atoms. The van der Waals surface area contributed by atoms with Gasteiger partial charge in [0.1, 0.15) is 12.4 Å². The molecule has 0 aliphatic carbocycles. The Bertz CT molecular complexity index is 1070. The van der Waals surface area contributed by atoms with Crippen molar-refractivity contribution in [3.63, 3.8) is 0 Å². The second-order valence-corrected chi connectivity index (χ2v) is 8.33. The molecule has 3 rings (SSSR count). The van der Waals surface area contributed by atoms with Crippen molar-refractivity contribution in [2.45, 2.75) is 57.0 Å². The number of halogens is 2. The molecule has 7 heteroatoms. The highest BCUT2D eigenvalue weighted by Gasteiger charge is 2.31. The summed E-state index contributed by atoms with van der Waals surface area (Å²) in [6.45, 7) is -0.286. The first-order valence-electron chi connectivity index (χ1n) is 11.4. The molecule has 2 aromatic carbocycles. The summed E-state index contributed by atoms with van der Waals surface area (Å²) in [6.07, 6.45) is 5.33. The van der Waals surface area contributed by atoms with Gasteiger partial charge in [-0.2, -0.15) is 8.78 Å². The standard InChI is InChI=1S/C26H31F2NO4/c27-26(28,19-10-6-5-7-11-19)18-33-17-9-4-2-1-3-8-12-22(30)20-13-15-23(31)25-21(20)14-16-24(32)29-25/h5-7,10-11,13-16,22,30-31H,1-4,8-9,12,17-18H2,(H,29,32)/t22-/m0/s1. The minimum atomic E-state index is -2.97. The van der Waals surface area contributed by atoms with E-state index in [9.17, 15) is 23.8 Å². The number of nitrogens with one attached hydrogen (secondary N) is 1. The van der Waals surface area contributed by atoms with Crippen LogP contribution in [0, 0.1) is 0 Å². The maximum atomic E-state index is 14.0. The Kier molecular flexibility index (Phi) is 8.97. The number of aromatic nitrogens is 1. The van der Waals surface area contributed by atoms with Gasteiger partial charge in [-0.1, -0.05) is 68.5 Å². The summed E-state index contributed by atoms with van der Waals surface area (Å²) >= 11 is 0. The monoisotopic (exact) mass is 459 g/mol. The predicted molar refractivity (Wildman–Crippen MR) is 125 cm³/mol. The van der Waals surface area contributed by atoms with Crippen molar-refractivity contribution in [2.75, 3.05) is 13.2 Å². The number of aliphatic hydroxyl groups is 1. The number of rotatable bonds is 13. The van der Waals surface area contributed by atoms with Crippen LogP contribution in [-0.2, 0) is 10.7 Å². The Hall–Kier alpha value is -2.77. The number of phenols is 1. The highest BCUT2D eigenvalue weighted by Crippen LogP contribution is 2.31. The van der Waals surface area contributed by atoms with E-state index in [0.717, 1.165) is 38.5 Å². The molecule has 1 heterocycles. The first-order valence-corrected chi connectivity index (χ1v) is 11.4. The number of hydrogen-bond donors (Lipinski definition) is 3. The summed E-state index contributed by atoms with van der Waals surface area (Å²) in [7, 11) is 0. The molecule has 0 aliphatic heterocycles. The smallest absolute Gasteiger partial charge is 0.296 e. The number of phenolic OH excluding ortho intramolecular Hbond substituents is 1. The molecule has 3 aromatic rings. The van der Waals surface area contributed by atoms with Gasteiger partial charge in [0.05, 0.1) is 11.6 Å². The van der Waals surface area contributed by atoms with E-state index in [0.29, 0.717) is 29.5 Å². The van der Waals surface area contributed by atoms with Crippen LogP contribution < -0.4 is 5.56 Å². The molecule has 0 fully saturated rings. The number of alkyl halides is 2. The fraction of sp³-hybridized carbons (Fsp3) is 0.423. The van der Waals surface area contributed by atoms with E-state index in [1.54, 1.807) is 30.3 Å². The fourth-order valence-corrected chi connectivity index (χ4v) is 3.92. The highest BCUT2D eigenvalue weighted by molar-refractivity contribution is 5.87. The SMILES string of the molecule is O=c1ccc2c([C@@H](O)CCCCCCCCOCC(F)(F)c3ccccc3)ccc(O)c2[nH]1. The van der Waals surface area contributed by atoms with Gasteiger partial charge in [0.2, 0.25) is 5.56 Å². The predicted octanol–water partition coefficient (Wildman–Crippen LogP) is 5.81. The lowest BCUT2D eigenvalue weighted by Crippen LogP contribution is -2.21. The van der Waals surface area contributed by atoms with Gasteiger partial charge in [0, 0.05) is 23.6 Å². The normalized spacial score (nSPS) is 12.8. The molecular formula is C26H31F2NO4. The van der Waals surface area contributed by atoms with Gasteiger partial charge >= 0.3 is 0 Å². The van der Waals surface area contributed by atoms with Gasteiger partial charge in [-0.3, -0.25) is 4.79 Å². The van der Waals surface area contributed by atoms with Gasteiger partial charge in [-0.15, -0.1) is 0 Å². The summed E-state index contributed by atoms with van der Waals surface area (Å²) in [5, 5.41) is 21.2. The molecule has 0 spiro atoms. The molecule has 0 aliphatic rings. The molecule has 0 saturated carbocycles. The molecule has 5 nitrogen and oxygen atoms in total. The second-order valence-electron chi connectivity index (χ2n) is 8.33. The number of H-pyrrole nitrogens is 1. The number of fused-ring (bicyclic) bond motifs is 1. The molecule has 0 bridgehead atoms. The van der Waals surface area contributed by atoms with E-state index >= 15 is 0 Å². The van der Waals surface area contributed by atoms with Crippen LogP contribution in [0.4, 0.5) is 8.78 Å². The first kappa shape index (κ1) is 24.9. The lowest BCUT2D eigenvalue weighted by Gasteiger charge is -2.16. The van der Waals surface area contributed by atoms with E-state index in [4.69, 9.17) is 4.74 Å². The molecule has 178 valence electrons. The maximum Gasteiger partial charge on any atom is 0.296 e. The number of benzene rings is 2. The van der Waals surface area contributed by atoms with E-state index < -0.39 is 18.6 Å². The second kappa shape index (κ2) is 11.9. The van der Waals surface area contributed by atoms with Crippen LogP contribution in [0.25, 0.3) is 10.9 Å². The summed E-state index contributed by atoms with van der Waals surface area (Å²) < 4.78 is 33.2. The molecule has 0 saturated heterocycles. The molecular weight excluding hydrogens is 428 g/mol. The summed E-state index contributed by atoms with van der Waals surface area (Å²) in [5.41, 5.74) is 0.687. The molecule has 0 radical (unpaired) electrons. The van der Waals surface area contributed by atoms with Crippen molar-refractivity contribution >= 4 is 10.9 Å². The van der Waals surface area contributed by atoms with Crippen molar-refractivity contribution in [1.82, 2.24) is 4.98 Å². The lowest BCUT2D eigenvalue weighted by molar-refractivity contribution is -0.0831. The van der Waals surface area contributed by atoms with Gasteiger partial charge < -0.3 is 19.9 Å². The van der Waals surface area contributed by atoms with Crippen molar-refractivity contribution in [3.05, 3.63) is 76.1 Å². The zero-order valence-electron chi connectivity index (χ0n) is 18.6. The molecule has 1 atom stereocenters. The van der Waals surface area contributed by atoms with Crippen LogP contribution in [0.1, 0.15) is 62.2 Å². The van der Waals surface area contributed by atoms with Crippen molar-refractivity contribution in [2.24, 2.45) is 0 Å². The molecule has 0 unspecified atom stereocenters. The first-order chi connectivity index (χ1) is 15.9. The van der Waals surface area contributed by atoms with Crippen LogP contribution in [0.3, 0.4) is 0 Å². The molecule has 1 aromatic heterocycles. The Labute approximate surface area is 192 Å². The largest absolute Gasteiger partial charge is 0.506 e. The van der Waals surface area contributed by atoms with E-state index in [1.807, 2.05) is 0 Å². The van der Waals surface area contributed by atoms with Gasteiger partial charge in [-0.05, 0) is 30.5 Å². The average Bonchev–Trinajstić information content (AvgIpc) is 2.81. The quantitative estimate of drug-likeness (QED) is 0.282. The van der Waals surface area contributed by atoms with E-state index in [1.165, 1.54) is 24.3 Å². The third-order valence-corrected chi connectivity index (χ3v) is 5.76. The molecule has 3 N–H and O–H groups in total. The third-order valence-electron chi connectivity index (χ3n) is 5.76. The fourth-order valence-electron chi connectivity index (χ4n) is 3.92. The van der Waals surface area contributed by atoms with Crippen LogP contribution in [-0.4, -0.2) is 28.4 Å². The Morgan fingerprint density at radius 3 is 2.36 bits per heavy atom. The van der Waals surface area contributed by atoms with Gasteiger partial charge in [-0.25, -0.2) is 0 Å². The van der Waals surface area contributed by atoms with Gasteiger partial charge in [0.25, 0.3) is 5.92 Å². The average molecular weight is 460 g/mol. The summed E-state index contributed by atoms with van der Waals surface area (Å²) in [6, 6.07) is 13.9.